The van der Waals surface area contributed by atoms with E-state index in [0.717, 1.165) is 9.13 Å². The zero-order valence-electron chi connectivity index (χ0n) is 9.77. The van der Waals surface area contributed by atoms with Crippen molar-refractivity contribution in [1.29, 1.82) is 0 Å². The number of phenolic OH excluding ortho intramolecular Hbond substituents is 1. The molecule has 2 aromatic carbocycles. The Morgan fingerprint density at radius 2 is 1.94 bits per heavy atom. The van der Waals surface area contributed by atoms with Gasteiger partial charge in [-0.2, -0.15) is 0 Å². The van der Waals surface area contributed by atoms with Crippen LogP contribution in [0.25, 0.3) is 0 Å². The Balaban J connectivity index is 2.25. The number of aromatic hydroxyl groups is 1. The van der Waals surface area contributed by atoms with Crippen molar-refractivity contribution in [3.8, 4) is 5.75 Å². The summed E-state index contributed by atoms with van der Waals surface area (Å²) in [6.45, 7) is 1.97. The molecular formula is C14H12INO2. The Kier molecular flexibility index (Phi) is 3.86. The third-order valence-corrected chi connectivity index (χ3v) is 3.97. The summed E-state index contributed by atoms with van der Waals surface area (Å²) in [6.07, 6.45) is 0. The summed E-state index contributed by atoms with van der Waals surface area (Å²) < 4.78 is 0.938. The number of phenols is 1. The van der Waals surface area contributed by atoms with Gasteiger partial charge in [-0.05, 0) is 53.3 Å². The predicted molar refractivity (Wildman–Crippen MR) is 80.0 cm³/mol. The molecule has 0 heterocycles. The smallest absolute Gasteiger partial charge is 0.256 e. The van der Waals surface area contributed by atoms with Gasteiger partial charge in [-0.25, -0.2) is 0 Å². The van der Waals surface area contributed by atoms with E-state index in [2.05, 4.69) is 27.9 Å². The van der Waals surface area contributed by atoms with E-state index < -0.39 is 0 Å². The van der Waals surface area contributed by atoms with Gasteiger partial charge in [0.05, 0.1) is 5.56 Å². The standard InChI is InChI=1S/C14H12INO2/c1-9-4-2-7-12(13(9)15)14(18)16-10-5-3-6-11(17)8-10/h2-8,17H,1H3,(H,16,18). The highest BCUT2D eigenvalue weighted by molar-refractivity contribution is 14.1. The maximum atomic E-state index is 12.1. The molecule has 2 aromatic rings. The molecule has 2 N–H and O–H groups in total. The SMILES string of the molecule is Cc1cccc(C(=O)Nc2cccc(O)c2)c1I. The van der Waals surface area contributed by atoms with Crippen LogP contribution in [0.4, 0.5) is 5.69 Å². The third-order valence-electron chi connectivity index (χ3n) is 2.54. The Labute approximate surface area is 119 Å². The lowest BCUT2D eigenvalue weighted by Crippen LogP contribution is -2.13. The van der Waals surface area contributed by atoms with Crippen LogP contribution in [-0.4, -0.2) is 11.0 Å². The Morgan fingerprint density at radius 1 is 1.22 bits per heavy atom. The summed E-state index contributed by atoms with van der Waals surface area (Å²) in [5, 5.41) is 12.1. The molecule has 3 nitrogen and oxygen atoms in total. The van der Waals surface area contributed by atoms with Crippen molar-refractivity contribution in [1.82, 2.24) is 0 Å². The van der Waals surface area contributed by atoms with E-state index in [1.807, 2.05) is 19.1 Å². The van der Waals surface area contributed by atoms with Crippen molar-refractivity contribution in [3.05, 3.63) is 57.2 Å². The van der Waals surface area contributed by atoms with E-state index in [-0.39, 0.29) is 11.7 Å². The van der Waals surface area contributed by atoms with Crippen LogP contribution in [0.1, 0.15) is 15.9 Å². The van der Waals surface area contributed by atoms with E-state index in [1.165, 1.54) is 6.07 Å². The van der Waals surface area contributed by atoms with E-state index in [9.17, 15) is 9.90 Å². The fraction of sp³-hybridized carbons (Fsp3) is 0.0714. The van der Waals surface area contributed by atoms with Crippen LogP contribution < -0.4 is 5.32 Å². The van der Waals surface area contributed by atoms with Gasteiger partial charge in [0.25, 0.3) is 5.91 Å². The first kappa shape index (κ1) is 12.9. The van der Waals surface area contributed by atoms with Gasteiger partial charge in [-0.1, -0.05) is 18.2 Å². The monoisotopic (exact) mass is 353 g/mol. The number of rotatable bonds is 2. The molecule has 2 rings (SSSR count). The minimum absolute atomic E-state index is 0.131. The van der Waals surface area contributed by atoms with E-state index >= 15 is 0 Å². The number of benzene rings is 2. The molecule has 0 fully saturated rings. The van der Waals surface area contributed by atoms with Crippen molar-refractivity contribution in [3.63, 3.8) is 0 Å². The zero-order valence-corrected chi connectivity index (χ0v) is 11.9. The molecular weight excluding hydrogens is 341 g/mol. The minimum Gasteiger partial charge on any atom is -0.508 e. The van der Waals surface area contributed by atoms with Gasteiger partial charge in [-0.3, -0.25) is 4.79 Å². The summed E-state index contributed by atoms with van der Waals surface area (Å²) in [7, 11) is 0. The second-order valence-corrected chi connectivity index (χ2v) is 5.02. The van der Waals surface area contributed by atoms with Gasteiger partial charge in [0, 0.05) is 15.3 Å². The van der Waals surface area contributed by atoms with Crippen LogP contribution >= 0.6 is 22.6 Å². The number of hydrogen-bond donors (Lipinski definition) is 2. The molecule has 0 atom stereocenters. The maximum absolute atomic E-state index is 12.1. The molecule has 0 saturated carbocycles. The lowest BCUT2D eigenvalue weighted by atomic mass is 10.1. The highest BCUT2D eigenvalue weighted by atomic mass is 127. The number of hydrogen-bond acceptors (Lipinski definition) is 2. The van der Waals surface area contributed by atoms with E-state index in [0.29, 0.717) is 11.3 Å². The number of amides is 1. The molecule has 0 aliphatic rings. The maximum Gasteiger partial charge on any atom is 0.256 e. The first-order valence-corrected chi connectivity index (χ1v) is 6.51. The molecule has 1 amide bonds. The first-order chi connectivity index (χ1) is 8.58. The molecule has 0 saturated heterocycles. The normalized spacial score (nSPS) is 10.1. The lowest BCUT2D eigenvalue weighted by Gasteiger charge is -2.08. The van der Waals surface area contributed by atoms with E-state index in [1.54, 1.807) is 24.3 Å². The number of anilines is 1. The van der Waals surface area contributed by atoms with Crippen LogP contribution in [0.15, 0.2) is 42.5 Å². The summed E-state index contributed by atoms with van der Waals surface area (Å²) in [4.78, 5) is 12.1. The van der Waals surface area contributed by atoms with Crippen LogP contribution in [0.3, 0.4) is 0 Å². The average molecular weight is 353 g/mol. The van der Waals surface area contributed by atoms with Crippen molar-refractivity contribution >= 4 is 34.2 Å². The molecule has 0 spiro atoms. The second kappa shape index (κ2) is 5.39. The van der Waals surface area contributed by atoms with Gasteiger partial charge in [0.15, 0.2) is 0 Å². The van der Waals surface area contributed by atoms with Gasteiger partial charge in [0.1, 0.15) is 5.75 Å². The van der Waals surface area contributed by atoms with Gasteiger partial charge < -0.3 is 10.4 Å². The molecule has 92 valence electrons. The molecule has 0 bridgehead atoms. The average Bonchev–Trinajstić information content (AvgIpc) is 2.32. The van der Waals surface area contributed by atoms with Crippen molar-refractivity contribution < 1.29 is 9.90 Å². The van der Waals surface area contributed by atoms with Crippen LogP contribution in [-0.2, 0) is 0 Å². The Bertz CT molecular complexity index is 596. The summed E-state index contributed by atoms with van der Waals surface area (Å²) in [6, 6.07) is 12.1. The highest BCUT2D eigenvalue weighted by Crippen LogP contribution is 2.20. The Morgan fingerprint density at radius 3 is 2.67 bits per heavy atom. The van der Waals surface area contributed by atoms with Gasteiger partial charge >= 0.3 is 0 Å². The third kappa shape index (κ3) is 2.81. The largest absolute Gasteiger partial charge is 0.508 e. The van der Waals surface area contributed by atoms with Crippen LogP contribution in [0, 0.1) is 10.5 Å². The van der Waals surface area contributed by atoms with Crippen molar-refractivity contribution in [2.45, 2.75) is 6.92 Å². The minimum atomic E-state index is -0.172. The van der Waals surface area contributed by atoms with Crippen molar-refractivity contribution in [2.24, 2.45) is 0 Å². The number of halogens is 1. The summed E-state index contributed by atoms with van der Waals surface area (Å²) in [5.74, 6) is -0.0413. The highest BCUT2D eigenvalue weighted by Gasteiger charge is 2.11. The lowest BCUT2D eigenvalue weighted by molar-refractivity contribution is 0.102. The van der Waals surface area contributed by atoms with Gasteiger partial charge in [0.2, 0.25) is 0 Å². The topological polar surface area (TPSA) is 49.3 Å². The molecule has 0 unspecified atom stereocenters. The van der Waals surface area contributed by atoms with Gasteiger partial charge in [-0.15, -0.1) is 0 Å². The summed E-state index contributed by atoms with van der Waals surface area (Å²) >= 11 is 2.16. The number of aryl methyl sites for hydroxylation is 1. The predicted octanol–water partition coefficient (Wildman–Crippen LogP) is 3.56. The molecule has 0 aliphatic carbocycles. The second-order valence-electron chi connectivity index (χ2n) is 3.94. The fourth-order valence-electron chi connectivity index (χ4n) is 1.60. The van der Waals surface area contributed by atoms with E-state index in [4.69, 9.17) is 0 Å². The van der Waals surface area contributed by atoms with Crippen molar-refractivity contribution in [2.75, 3.05) is 5.32 Å². The fourth-order valence-corrected chi connectivity index (χ4v) is 2.21. The molecule has 4 heteroatoms. The molecule has 0 aliphatic heterocycles. The van der Waals surface area contributed by atoms with Crippen LogP contribution in [0.5, 0.6) is 5.75 Å². The molecule has 0 aromatic heterocycles. The Hall–Kier alpha value is -1.56. The van der Waals surface area contributed by atoms with Crippen LogP contribution in [0.2, 0.25) is 0 Å². The molecule has 18 heavy (non-hydrogen) atoms. The molecule has 0 radical (unpaired) electrons. The zero-order chi connectivity index (χ0) is 13.1. The number of carbonyl (C=O) groups excluding carboxylic acids is 1. The number of carbonyl (C=O) groups is 1. The first-order valence-electron chi connectivity index (χ1n) is 5.43. The summed E-state index contributed by atoms with van der Waals surface area (Å²) in [5.41, 5.74) is 2.29. The number of nitrogens with one attached hydrogen (secondary N) is 1. The quantitative estimate of drug-likeness (QED) is 0.812.